The van der Waals surface area contributed by atoms with Crippen LogP contribution in [0.5, 0.6) is 5.75 Å². The molecule has 0 bridgehead atoms. The Kier molecular flexibility index (Phi) is 7.72. The minimum Gasteiger partial charge on any atom is -0.496 e. The molecule has 0 radical (unpaired) electrons. The van der Waals surface area contributed by atoms with Crippen molar-refractivity contribution in [2.24, 2.45) is 0 Å². The highest BCUT2D eigenvalue weighted by Gasteiger charge is 2.43. The number of alkyl halides is 6. The van der Waals surface area contributed by atoms with Crippen LogP contribution in [-0.2, 0) is 23.5 Å². The molecule has 4 nitrogen and oxygen atoms in total. The minimum atomic E-state index is -4.99. The average Bonchev–Trinajstić information content (AvgIpc) is 3.15. The summed E-state index contributed by atoms with van der Waals surface area (Å²) in [5.74, 6) is 0.704. The molecular formula is C28H29F6NO3. The molecule has 2 atom stereocenters. The molecule has 0 saturated carbocycles. The Bertz CT molecular complexity index is 1200. The molecule has 38 heavy (non-hydrogen) atoms. The van der Waals surface area contributed by atoms with E-state index in [-0.39, 0.29) is 18.2 Å². The molecule has 10 heteroatoms. The zero-order valence-electron chi connectivity index (χ0n) is 21.3. The first kappa shape index (κ1) is 27.9. The third-order valence-corrected chi connectivity index (χ3v) is 7.27. The number of aryl methyl sites for hydroxylation is 1. The summed E-state index contributed by atoms with van der Waals surface area (Å²) in [7, 11) is 1.59. The second-order valence-electron chi connectivity index (χ2n) is 9.69. The molecule has 1 amide bonds. The number of hydrogen-bond donors (Lipinski definition) is 0. The van der Waals surface area contributed by atoms with Crippen molar-refractivity contribution >= 4 is 11.7 Å². The highest BCUT2D eigenvalue weighted by atomic mass is 19.4. The lowest BCUT2D eigenvalue weighted by molar-refractivity contribution is -0.143. The highest BCUT2D eigenvalue weighted by Crippen LogP contribution is 2.42. The van der Waals surface area contributed by atoms with Gasteiger partial charge in [-0.25, -0.2) is 4.79 Å². The fraction of sp³-hybridized carbons (Fsp3) is 0.464. The summed E-state index contributed by atoms with van der Waals surface area (Å²) in [5, 5.41) is 0. The van der Waals surface area contributed by atoms with Gasteiger partial charge in [0, 0.05) is 12.1 Å². The van der Waals surface area contributed by atoms with E-state index in [0.717, 1.165) is 48.0 Å². The van der Waals surface area contributed by atoms with Crippen LogP contribution in [0.4, 0.5) is 31.1 Å². The summed E-state index contributed by atoms with van der Waals surface area (Å²) in [6.45, 7) is 3.78. The maximum atomic E-state index is 13.4. The Balaban J connectivity index is 1.69. The van der Waals surface area contributed by atoms with Crippen molar-refractivity contribution in [2.75, 3.05) is 13.7 Å². The predicted molar refractivity (Wildman–Crippen MR) is 130 cm³/mol. The molecular weight excluding hydrogens is 512 g/mol. The second-order valence-corrected chi connectivity index (χ2v) is 9.69. The minimum absolute atomic E-state index is 0.0691. The van der Waals surface area contributed by atoms with Gasteiger partial charge in [-0.1, -0.05) is 13.0 Å². The molecule has 2 aromatic carbocycles. The summed E-state index contributed by atoms with van der Waals surface area (Å²) in [6.07, 6.45) is -7.89. The number of benzene rings is 2. The first-order valence-electron chi connectivity index (χ1n) is 12.5. The summed E-state index contributed by atoms with van der Waals surface area (Å²) >= 11 is 0. The van der Waals surface area contributed by atoms with E-state index in [1.54, 1.807) is 14.0 Å². The third kappa shape index (κ3) is 5.63. The zero-order chi connectivity index (χ0) is 27.8. The van der Waals surface area contributed by atoms with Gasteiger partial charge in [-0.05, 0) is 91.6 Å². The van der Waals surface area contributed by atoms with Crippen molar-refractivity contribution in [1.82, 2.24) is 4.90 Å². The van der Waals surface area contributed by atoms with Gasteiger partial charge in [0.25, 0.3) is 0 Å². The number of rotatable bonds is 6. The van der Waals surface area contributed by atoms with Crippen LogP contribution in [0, 0.1) is 0 Å². The number of carbonyl (C=O) groups is 1. The van der Waals surface area contributed by atoms with Gasteiger partial charge in [0.2, 0.25) is 0 Å². The molecule has 1 heterocycles. The zero-order valence-corrected chi connectivity index (χ0v) is 21.3. The number of methoxy groups -OCH3 is 1. The number of allylic oxidation sites excluding steroid dienone is 1. The van der Waals surface area contributed by atoms with Crippen molar-refractivity contribution in [3.8, 4) is 5.75 Å². The van der Waals surface area contributed by atoms with Gasteiger partial charge in [0.1, 0.15) is 11.9 Å². The number of halogens is 6. The van der Waals surface area contributed by atoms with Gasteiger partial charge in [-0.3, -0.25) is 4.90 Å². The SMILES string of the molecule is CCc1ccc(OC)c(C2=C(CN3C(=O)O[C@H](c4cc(C(F)(F)F)cc(C(F)(F)F)c4)[C@@H]3C)CCCC2)c1. The van der Waals surface area contributed by atoms with Crippen LogP contribution in [0.25, 0.3) is 5.57 Å². The standard InChI is InChI=1S/C28H29F6NO3/c1-4-17-9-10-24(37-3)23(11-17)22-8-6-5-7-18(22)15-35-16(2)25(38-26(35)36)19-12-20(27(29,30)31)14-21(13-19)28(32,33)34/h9-14,16,25H,4-8,15H2,1-3H3/t16-,25-/m0/s1. The third-order valence-electron chi connectivity index (χ3n) is 7.27. The molecule has 0 spiro atoms. The fourth-order valence-corrected chi connectivity index (χ4v) is 5.19. The Morgan fingerprint density at radius 3 is 2.18 bits per heavy atom. The molecule has 1 aliphatic carbocycles. The maximum Gasteiger partial charge on any atom is 0.416 e. The van der Waals surface area contributed by atoms with Gasteiger partial charge in [0.05, 0.1) is 24.3 Å². The first-order chi connectivity index (χ1) is 17.8. The number of cyclic esters (lactones) is 1. The summed E-state index contributed by atoms with van der Waals surface area (Å²) in [5.41, 5.74) is 0.861. The molecule has 1 aliphatic heterocycles. The molecule has 206 valence electrons. The molecule has 2 aromatic rings. The van der Waals surface area contributed by atoms with Crippen LogP contribution in [0.15, 0.2) is 42.0 Å². The molecule has 0 unspecified atom stereocenters. The quantitative estimate of drug-likeness (QED) is 0.346. The molecule has 2 aliphatic rings. The van der Waals surface area contributed by atoms with Crippen LogP contribution in [0.2, 0.25) is 0 Å². The van der Waals surface area contributed by atoms with Crippen molar-refractivity contribution in [2.45, 2.75) is 70.4 Å². The summed E-state index contributed by atoms with van der Waals surface area (Å²) < 4.78 is 91.4. The van der Waals surface area contributed by atoms with Crippen molar-refractivity contribution in [3.63, 3.8) is 0 Å². The topological polar surface area (TPSA) is 38.8 Å². The maximum absolute atomic E-state index is 13.4. The van der Waals surface area contributed by atoms with Crippen LogP contribution in [0.1, 0.15) is 73.5 Å². The highest BCUT2D eigenvalue weighted by molar-refractivity contribution is 5.77. The van der Waals surface area contributed by atoms with E-state index in [1.165, 1.54) is 4.90 Å². The summed E-state index contributed by atoms with van der Waals surface area (Å²) in [6, 6.07) is 6.49. The Labute approximate surface area is 217 Å². The molecule has 0 aromatic heterocycles. The monoisotopic (exact) mass is 541 g/mol. The van der Waals surface area contributed by atoms with E-state index in [0.29, 0.717) is 24.3 Å². The number of hydrogen-bond acceptors (Lipinski definition) is 3. The average molecular weight is 542 g/mol. The molecule has 1 fully saturated rings. The molecule has 0 N–H and O–H groups in total. The normalized spacial score (nSPS) is 20.7. The lowest BCUT2D eigenvalue weighted by atomic mass is 9.85. The Morgan fingerprint density at radius 2 is 1.61 bits per heavy atom. The van der Waals surface area contributed by atoms with Crippen LogP contribution >= 0.6 is 0 Å². The predicted octanol–water partition coefficient (Wildman–Crippen LogP) is 8.20. The van der Waals surface area contributed by atoms with E-state index in [4.69, 9.17) is 9.47 Å². The van der Waals surface area contributed by atoms with Gasteiger partial charge in [-0.15, -0.1) is 0 Å². The van der Waals surface area contributed by atoms with E-state index in [9.17, 15) is 31.1 Å². The van der Waals surface area contributed by atoms with Gasteiger partial charge >= 0.3 is 18.4 Å². The molecule has 1 saturated heterocycles. The molecule has 4 rings (SSSR count). The van der Waals surface area contributed by atoms with Gasteiger partial charge in [-0.2, -0.15) is 26.3 Å². The largest absolute Gasteiger partial charge is 0.496 e. The van der Waals surface area contributed by atoms with Crippen LogP contribution < -0.4 is 4.74 Å². The Morgan fingerprint density at radius 1 is 0.974 bits per heavy atom. The fourth-order valence-electron chi connectivity index (χ4n) is 5.19. The van der Waals surface area contributed by atoms with Gasteiger partial charge in [0.15, 0.2) is 0 Å². The van der Waals surface area contributed by atoms with E-state index >= 15 is 0 Å². The number of amides is 1. The van der Waals surface area contributed by atoms with Crippen molar-refractivity contribution < 1.29 is 40.6 Å². The first-order valence-corrected chi connectivity index (χ1v) is 12.5. The lowest BCUT2D eigenvalue weighted by Crippen LogP contribution is -2.34. The van der Waals surface area contributed by atoms with Crippen LogP contribution in [0.3, 0.4) is 0 Å². The number of nitrogens with zero attached hydrogens (tertiary/aromatic N) is 1. The van der Waals surface area contributed by atoms with E-state index < -0.39 is 41.7 Å². The van der Waals surface area contributed by atoms with Crippen molar-refractivity contribution in [1.29, 1.82) is 0 Å². The summed E-state index contributed by atoms with van der Waals surface area (Å²) in [4.78, 5) is 14.3. The van der Waals surface area contributed by atoms with E-state index in [2.05, 4.69) is 6.07 Å². The lowest BCUT2D eigenvalue weighted by Gasteiger charge is -2.28. The Hall–Kier alpha value is -3.17. The second kappa shape index (κ2) is 10.5. The number of carbonyl (C=O) groups excluding carboxylic acids is 1. The van der Waals surface area contributed by atoms with Gasteiger partial charge < -0.3 is 9.47 Å². The number of ether oxygens (including phenoxy) is 2. The van der Waals surface area contributed by atoms with Crippen LogP contribution in [-0.4, -0.2) is 30.7 Å². The van der Waals surface area contributed by atoms with E-state index in [1.807, 2.05) is 19.1 Å². The smallest absolute Gasteiger partial charge is 0.416 e. The van der Waals surface area contributed by atoms with Crippen molar-refractivity contribution in [3.05, 3.63) is 69.8 Å².